The quantitative estimate of drug-likeness (QED) is 0.837. The van der Waals surface area contributed by atoms with E-state index in [4.69, 9.17) is 10.5 Å². The molecule has 1 saturated heterocycles. The number of benzene rings is 1. The first-order chi connectivity index (χ1) is 7.81. The molecule has 88 valence electrons. The van der Waals surface area contributed by atoms with Crippen LogP contribution in [0, 0.1) is 5.82 Å². The van der Waals surface area contributed by atoms with Gasteiger partial charge in [-0.2, -0.15) is 0 Å². The van der Waals surface area contributed by atoms with Crippen molar-refractivity contribution in [1.82, 2.24) is 4.90 Å². The highest BCUT2D eigenvalue weighted by atomic mass is 19.1. The van der Waals surface area contributed by atoms with Crippen LogP contribution in [0.25, 0.3) is 0 Å². The van der Waals surface area contributed by atoms with Crippen molar-refractivity contribution in [3.05, 3.63) is 35.6 Å². The highest BCUT2D eigenvalue weighted by Crippen LogP contribution is 2.24. The first kappa shape index (κ1) is 11.5. The Morgan fingerprint density at radius 2 is 2.25 bits per heavy atom. The molecule has 3 nitrogen and oxygen atoms in total. The Balaban J connectivity index is 2.07. The van der Waals surface area contributed by atoms with Gasteiger partial charge in [0.05, 0.1) is 12.7 Å². The third-order valence-electron chi connectivity index (χ3n) is 2.85. The first-order valence-corrected chi connectivity index (χ1v) is 5.59. The summed E-state index contributed by atoms with van der Waals surface area (Å²) in [4.78, 5) is 2.21. The van der Waals surface area contributed by atoms with E-state index in [9.17, 15) is 4.39 Å². The van der Waals surface area contributed by atoms with Crippen LogP contribution in [0.1, 0.15) is 11.7 Å². The van der Waals surface area contributed by atoms with Crippen LogP contribution in [0.4, 0.5) is 4.39 Å². The van der Waals surface area contributed by atoms with Crippen LogP contribution in [0.2, 0.25) is 0 Å². The largest absolute Gasteiger partial charge is 0.371 e. The molecule has 2 rings (SSSR count). The molecule has 1 atom stereocenters. The molecule has 1 aromatic carbocycles. The molecule has 1 aromatic rings. The summed E-state index contributed by atoms with van der Waals surface area (Å²) in [6.07, 6.45) is -0.165. The second kappa shape index (κ2) is 5.39. The zero-order valence-electron chi connectivity index (χ0n) is 9.23. The van der Waals surface area contributed by atoms with Crippen LogP contribution in [-0.2, 0) is 4.74 Å². The molecule has 16 heavy (non-hydrogen) atoms. The van der Waals surface area contributed by atoms with Gasteiger partial charge in [0, 0.05) is 31.7 Å². The van der Waals surface area contributed by atoms with Crippen LogP contribution in [0.15, 0.2) is 24.3 Å². The van der Waals surface area contributed by atoms with Crippen molar-refractivity contribution >= 4 is 0 Å². The maximum atomic E-state index is 13.6. The van der Waals surface area contributed by atoms with E-state index in [1.807, 2.05) is 6.07 Å². The standard InChI is InChI=1S/C12H17FN2O/c13-11-4-2-1-3-10(11)12-9-15(6-5-14)7-8-16-12/h1-4,12H,5-9,14H2. The Hall–Kier alpha value is -0.970. The van der Waals surface area contributed by atoms with Gasteiger partial charge >= 0.3 is 0 Å². The fourth-order valence-corrected chi connectivity index (χ4v) is 2.01. The summed E-state index contributed by atoms with van der Waals surface area (Å²) >= 11 is 0. The van der Waals surface area contributed by atoms with Gasteiger partial charge in [-0.05, 0) is 6.07 Å². The summed E-state index contributed by atoms with van der Waals surface area (Å²) in [6.45, 7) is 3.71. The normalized spacial score (nSPS) is 22.2. The van der Waals surface area contributed by atoms with Crippen molar-refractivity contribution in [1.29, 1.82) is 0 Å². The number of rotatable bonds is 3. The van der Waals surface area contributed by atoms with Crippen molar-refractivity contribution in [2.45, 2.75) is 6.10 Å². The average molecular weight is 224 g/mol. The Bertz CT molecular complexity index is 344. The number of morpholine rings is 1. The molecular weight excluding hydrogens is 207 g/mol. The van der Waals surface area contributed by atoms with E-state index in [0.29, 0.717) is 18.7 Å². The molecule has 1 aliphatic heterocycles. The van der Waals surface area contributed by atoms with Crippen LogP contribution in [0.3, 0.4) is 0 Å². The van der Waals surface area contributed by atoms with E-state index in [0.717, 1.165) is 19.6 Å². The van der Waals surface area contributed by atoms with Gasteiger partial charge in [-0.3, -0.25) is 4.90 Å². The van der Waals surface area contributed by atoms with E-state index in [1.165, 1.54) is 6.07 Å². The van der Waals surface area contributed by atoms with E-state index >= 15 is 0 Å². The second-order valence-electron chi connectivity index (χ2n) is 3.97. The molecule has 0 aromatic heterocycles. The van der Waals surface area contributed by atoms with Gasteiger partial charge in [-0.15, -0.1) is 0 Å². The number of hydrogen-bond donors (Lipinski definition) is 1. The minimum Gasteiger partial charge on any atom is -0.371 e. The van der Waals surface area contributed by atoms with Crippen LogP contribution in [0.5, 0.6) is 0 Å². The average Bonchev–Trinajstić information content (AvgIpc) is 2.30. The number of hydrogen-bond acceptors (Lipinski definition) is 3. The third-order valence-corrected chi connectivity index (χ3v) is 2.85. The van der Waals surface area contributed by atoms with Crippen molar-refractivity contribution < 1.29 is 9.13 Å². The molecule has 1 aliphatic rings. The lowest BCUT2D eigenvalue weighted by atomic mass is 10.1. The van der Waals surface area contributed by atoms with Crippen molar-refractivity contribution in [3.8, 4) is 0 Å². The summed E-state index contributed by atoms with van der Waals surface area (Å²) in [5, 5.41) is 0. The fraction of sp³-hybridized carbons (Fsp3) is 0.500. The summed E-state index contributed by atoms with van der Waals surface area (Å²) in [7, 11) is 0. The molecule has 0 bridgehead atoms. The monoisotopic (exact) mass is 224 g/mol. The van der Waals surface area contributed by atoms with Crippen molar-refractivity contribution in [3.63, 3.8) is 0 Å². The van der Waals surface area contributed by atoms with Gasteiger partial charge in [0.15, 0.2) is 0 Å². The van der Waals surface area contributed by atoms with E-state index in [2.05, 4.69) is 4.90 Å². The topological polar surface area (TPSA) is 38.5 Å². The number of nitrogens with zero attached hydrogens (tertiary/aromatic N) is 1. The molecule has 0 radical (unpaired) electrons. The Morgan fingerprint density at radius 1 is 1.44 bits per heavy atom. The molecule has 0 spiro atoms. The Kier molecular flexibility index (Phi) is 3.88. The lowest BCUT2D eigenvalue weighted by Crippen LogP contribution is -2.41. The number of nitrogens with two attached hydrogens (primary N) is 1. The predicted molar refractivity (Wildman–Crippen MR) is 60.6 cm³/mol. The third kappa shape index (κ3) is 2.58. The molecule has 2 N–H and O–H groups in total. The van der Waals surface area contributed by atoms with E-state index < -0.39 is 0 Å². The van der Waals surface area contributed by atoms with Gasteiger partial charge in [0.25, 0.3) is 0 Å². The highest BCUT2D eigenvalue weighted by molar-refractivity contribution is 5.20. The zero-order valence-corrected chi connectivity index (χ0v) is 9.23. The minimum atomic E-state index is -0.193. The molecule has 1 fully saturated rings. The molecular formula is C12H17FN2O. The van der Waals surface area contributed by atoms with Crippen molar-refractivity contribution in [2.75, 3.05) is 32.8 Å². The SMILES string of the molecule is NCCN1CCOC(c2ccccc2F)C1. The molecule has 1 unspecified atom stereocenters. The summed E-state index contributed by atoms with van der Waals surface area (Å²) < 4.78 is 19.2. The highest BCUT2D eigenvalue weighted by Gasteiger charge is 2.23. The maximum Gasteiger partial charge on any atom is 0.129 e. The van der Waals surface area contributed by atoms with E-state index in [-0.39, 0.29) is 11.9 Å². The summed E-state index contributed by atoms with van der Waals surface area (Å²) in [5.41, 5.74) is 6.16. The van der Waals surface area contributed by atoms with Gasteiger partial charge in [-0.1, -0.05) is 18.2 Å². The fourth-order valence-electron chi connectivity index (χ4n) is 2.01. The van der Waals surface area contributed by atoms with Gasteiger partial charge < -0.3 is 10.5 Å². The molecule has 4 heteroatoms. The van der Waals surface area contributed by atoms with Gasteiger partial charge in [-0.25, -0.2) is 4.39 Å². The van der Waals surface area contributed by atoms with Crippen LogP contribution < -0.4 is 5.73 Å². The number of halogens is 1. The predicted octanol–water partition coefficient (Wildman–Crippen LogP) is 1.16. The maximum absolute atomic E-state index is 13.6. The summed E-state index contributed by atoms with van der Waals surface area (Å²) in [5.74, 6) is -0.193. The Morgan fingerprint density at radius 3 is 3.00 bits per heavy atom. The molecule has 0 amide bonds. The molecule has 0 aliphatic carbocycles. The van der Waals surface area contributed by atoms with Crippen LogP contribution >= 0.6 is 0 Å². The number of ether oxygens (including phenoxy) is 1. The second-order valence-corrected chi connectivity index (χ2v) is 3.97. The van der Waals surface area contributed by atoms with Gasteiger partial charge in [0.2, 0.25) is 0 Å². The lowest BCUT2D eigenvalue weighted by molar-refractivity contribution is -0.0304. The lowest BCUT2D eigenvalue weighted by Gasteiger charge is -2.32. The smallest absolute Gasteiger partial charge is 0.129 e. The molecule has 0 saturated carbocycles. The van der Waals surface area contributed by atoms with Gasteiger partial charge in [0.1, 0.15) is 5.82 Å². The Labute approximate surface area is 95.0 Å². The zero-order chi connectivity index (χ0) is 11.4. The van der Waals surface area contributed by atoms with E-state index in [1.54, 1.807) is 12.1 Å². The summed E-state index contributed by atoms with van der Waals surface area (Å²) in [6, 6.07) is 6.79. The van der Waals surface area contributed by atoms with Crippen molar-refractivity contribution in [2.24, 2.45) is 5.73 Å². The van der Waals surface area contributed by atoms with Crippen LogP contribution in [-0.4, -0.2) is 37.7 Å². The first-order valence-electron chi connectivity index (χ1n) is 5.59. The molecule has 1 heterocycles. The minimum absolute atomic E-state index is 0.165.